The first-order chi connectivity index (χ1) is 12.7. The Morgan fingerprint density at radius 1 is 1.11 bits per heavy atom. The smallest absolute Gasteiger partial charge is 0.191 e. The molecule has 1 atom stereocenters. The van der Waals surface area contributed by atoms with Crippen LogP contribution >= 0.6 is 24.0 Å². The number of nitrogens with zero attached hydrogens (tertiary/aromatic N) is 2. The third-order valence-corrected chi connectivity index (χ3v) is 5.13. The van der Waals surface area contributed by atoms with E-state index in [1.54, 1.807) is 0 Å². The number of guanidine groups is 1. The molecule has 0 spiro atoms. The number of nitrogens with one attached hydrogen (secondary N) is 2. The van der Waals surface area contributed by atoms with Crippen LogP contribution in [-0.2, 0) is 6.54 Å². The van der Waals surface area contributed by atoms with Crippen LogP contribution in [0.15, 0.2) is 53.5 Å². The van der Waals surface area contributed by atoms with Gasteiger partial charge in [0, 0.05) is 38.9 Å². The Balaban J connectivity index is 0.00000261. The fourth-order valence-electron chi connectivity index (χ4n) is 3.56. The zero-order chi connectivity index (χ0) is 18.4. The van der Waals surface area contributed by atoms with Gasteiger partial charge in [-0.05, 0) is 49.4 Å². The van der Waals surface area contributed by atoms with Gasteiger partial charge in [0.15, 0.2) is 5.96 Å². The summed E-state index contributed by atoms with van der Waals surface area (Å²) in [4.78, 5) is 6.84. The molecule has 1 unspecified atom stereocenters. The fraction of sp³-hybridized carbons (Fsp3) is 0.409. The molecule has 1 aliphatic heterocycles. The van der Waals surface area contributed by atoms with Gasteiger partial charge in [-0.2, -0.15) is 0 Å². The lowest BCUT2D eigenvalue weighted by Crippen LogP contribution is -2.40. The van der Waals surface area contributed by atoms with Crippen molar-refractivity contribution < 1.29 is 0 Å². The molecule has 2 aromatic rings. The van der Waals surface area contributed by atoms with E-state index in [9.17, 15) is 0 Å². The van der Waals surface area contributed by atoms with E-state index in [0.29, 0.717) is 5.92 Å². The van der Waals surface area contributed by atoms with Crippen molar-refractivity contribution in [2.45, 2.75) is 26.8 Å². The highest BCUT2D eigenvalue weighted by atomic mass is 127. The summed E-state index contributed by atoms with van der Waals surface area (Å²) in [5.74, 6) is 1.53. The van der Waals surface area contributed by atoms with Crippen molar-refractivity contribution in [1.82, 2.24) is 10.6 Å². The molecule has 0 bridgehead atoms. The minimum Gasteiger partial charge on any atom is -0.371 e. The number of benzene rings is 2. The van der Waals surface area contributed by atoms with Gasteiger partial charge in [0.25, 0.3) is 0 Å². The first kappa shape index (κ1) is 21.5. The van der Waals surface area contributed by atoms with E-state index in [1.165, 1.54) is 28.8 Å². The van der Waals surface area contributed by atoms with Crippen LogP contribution in [0.3, 0.4) is 0 Å². The van der Waals surface area contributed by atoms with Crippen molar-refractivity contribution in [3.63, 3.8) is 0 Å². The van der Waals surface area contributed by atoms with Crippen LogP contribution in [0.2, 0.25) is 0 Å². The summed E-state index contributed by atoms with van der Waals surface area (Å²) in [6.45, 7) is 8.28. The molecule has 0 aromatic heterocycles. The standard InChI is InChI=1S/C22H30N4.HI/c1-17-9-10-20(18(2)13-17)15-25-22(23-3)24-14-19-11-12-26(16-19)21-7-5-4-6-8-21;/h4-10,13,19H,11-12,14-16H2,1-3H3,(H2,23,24,25);1H. The molecular formula is C22H31IN4. The SMILES string of the molecule is CN=C(NCc1ccc(C)cc1C)NCC1CCN(c2ccccc2)C1.I. The van der Waals surface area contributed by atoms with E-state index in [2.05, 4.69) is 82.9 Å². The molecule has 1 saturated heterocycles. The molecular weight excluding hydrogens is 447 g/mol. The minimum atomic E-state index is 0. The molecule has 27 heavy (non-hydrogen) atoms. The molecule has 0 aliphatic carbocycles. The van der Waals surface area contributed by atoms with Crippen molar-refractivity contribution in [3.8, 4) is 0 Å². The normalized spacial score (nSPS) is 16.8. The average molecular weight is 478 g/mol. The van der Waals surface area contributed by atoms with Gasteiger partial charge in [-0.15, -0.1) is 24.0 Å². The highest BCUT2D eigenvalue weighted by Gasteiger charge is 2.22. The molecule has 4 nitrogen and oxygen atoms in total. The van der Waals surface area contributed by atoms with Gasteiger partial charge < -0.3 is 15.5 Å². The Labute approximate surface area is 180 Å². The van der Waals surface area contributed by atoms with Crippen molar-refractivity contribution >= 4 is 35.6 Å². The first-order valence-corrected chi connectivity index (χ1v) is 9.46. The Hall–Kier alpha value is -1.76. The Morgan fingerprint density at radius 2 is 1.89 bits per heavy atom. The maximum Gasteiger partial charge on any atom is 0.191 e. The number of anilines is 1. The summed E-state index contributed by atoms with van der Waals surface area (Å²) in [6.07, 6.45) is 1.22. The molecule has 0 amide bonds. The maximum atomic E-state index is 4.37. The van der Waals surface area contributed by atoms with Gasteiger partial charge in [0.05, 0.1) is 0 Å². The van der Waals surface area contributed by atoms with Gasteiger partial charge in [-0.1, -0.05) is 42.0 Å². The summed E-state index contributed by atoms with van der Waals surface area (Å²) in [5, 5.41) is 6.93. The number of aliphatic imine (C=N–C) groups is 1. The van der Waals surface area contributed by atoms with Crippen LogP contribution in [0.25, 0.3) is 0 Å². The second-order valence-corrected chi connectivity index (χ2v) is 7.17. The monoisotopic (exact) mass is 478 g/mol. The molecule has 1 heterocycles. The van der Waals surface area contributed by atoms with Gasteiger partial charge >= 0.3 is 0 Å². The molecule has 146 valence electrons. The van der Waals surface area contributed by atoms with E-state index in [1.807, 2.05) is 7.05 Å². The summed E-state index contributed by atoms with van der Waals surface area (Å²) < 4.78 is 0. The zero-order valence-electron chi connectivity index (χ0n) is 16.5. The molecule has 3 rings (SSSR count). The Bertz CT molecular complexity index is 745. The number of para-hydroxylation sites is 1. The second kappa shape index (κ2) is 10.5. The number of rotatable bonds is 5. The van der Waals surface area contributed by atoms with Crippen LogP contribution in [0, 0.1) is 19.8 Å². The van der Waals surface area contributed by atoms with E-state index in [0.717, 1.165) is 32.1 Å². The zero-order valence-corrected chi connectivity index (χ0v) is 18.9. The lowest BCUT2D eigenvalue weighted by Gasteiger charge is -2.19. The molecule has 5 heteroatoms. The quantitative estimate of drug-likeness (QED) is 0.386. The van der Waals surface area contributed by atoms with Crippen molar-refractivity contribution in [2.75, 3.05) is 31.6 Å². The molecule has 1 aliphatic rings. The van der Waals surface area contributed by atoms with Gasteiger partial charge in [0.1, 0.15) is 0 Å². The molecule has 0 radical (unpaired) electrons. The van der Waals surface area contributed by atoms with Crippen molar-refractivity contribution in [1.29, 1.82) is 0 Å². The summed E-state index contributed by atoms with van der Waals surface area (Å²) in [7, 11) is 1.84. The Morgan fingerprint density at radius 3 is 2.59 bits per heavy atom. The van der Waals surface area contributed by atoms with Crippen molar-refractivity contribution in [3.05, 3.63) is 65.2 Å². The summed E-state index contributed by atoms with van der Waals surface area (Å²) >= 11 is 0. The van der Waals surface area contributed by atoms with Gasteiger partial charge in [0.2, 0.25) is 0 Å². The second-order valence-electron chi connectivity index (χ2n) is 7.17. The molecule has 2 N–H and O–H groups in total. The van der Waals surface area contributed by atoms with Gasteiger partial charge in [-0.25, -0.2) is 0 Å². The number of hydrogen-bond acceptors (Lipinski definition) is 2. The average Bonchev–Trinajstić information content (AvgIpc) is 3.13. The van der Waals surface area contributed by atoms with Crippen LogP contribution < -0.4 is 15.5 Å². The summed E-state index contributed by atoms with van der Waals surface area (Å²) in [6, 6.07) is 17.3. The van der Waals surface area contributed by atoms with Gasteiger partial charge in [-0.3, -0.25) is 4.99 Å². The lowest BCUT2D eigenvalue weighted by atomic mass is 10.1. The predicted molar refractivity (Wildman–Crippen MR) is 126 cm³/mol. The van der Waals surface area contributed by atoms with Crippen LogP contribution in [0.1, 0.15) is 23.1 Å². The predicted octanol–water partition coefficient (Wildman–Crippen LogP) is 4.11. The van der Waals surface area contributed by atoms with Crippen molar-refractivity contribution in [2.24, 2.45) is 10.9 Å². The maximum absolute atomic E-state index is 4.37. The lowest BCUT2D eigenvalue weighted by molar-refractivity contribution is 0.565. The molecule has 1 fully saturated rings. The first-order valence-electron chi connectivity index (χ1n) is 9.46. The van der Waals surface area contributed by atoms with E-state index < -0.39 is 0 Å². The van der Waals surface area contributed by atoms with E-state index in [4.69, 9.17) is 0 Å². The third kappa shape index (κ3) is 6.13. The van der Waals surface area contributed by atoms with Crippen LogP contribution in [-0.4, -0.2) is 32.6 Å². The highest BCUT2D eigenvalue weighted by molar-refractivity contribution is 14.0. The third-order valence-electron chi connectivity index (χ3n) is 5.13. The Kier molecular flexibility index (Phi) is 8.41. The molecule has 0 saturated carbocycles. The van der Waals surface area contributed by atoms with E-state index >= 15 is 0 Å². The van der Waals surface area contributed by atoms with Crippen LogP contribution in [0.5, 0.6) is 0 Å². The number of halogens is 1. The minimum absolute atomic E-state index is 0. The largest absolute Gasteiger partial charge is 0.371 e. The molecule has 2 aromatic carbocycles. The number of aryl methyl sites for hydroxylation is 2. The van der Waals surface area contributed by atoms with Crippen LogP contribution in [0.4, 0.5) is 5.69 Å². The highest BCUT2D eigenvalue weighted by Crippen LogP contribution is 2.22. The topological polar surface area (TPSA) is 39.7 Å². The van der Waals surface area contributed by atoms with E-state index in [-0.39, 0.29) is 24.0 Å². The fourth-order valence-corrected chi connectivity index (χ4v) is 3.56. The summed E-state index contributed by atoms with van der Waals surface area (Å²) in [5.41, 5.74) is 5.27. The number of hydrogen-bond donors (Lipinski definition) is 2.